The third-order valence-electron chi connectivity index (χ3n) is 3.46. The van der Waals surface area contributed by atoms with Gasteiger partial charge in [0.1, 0.15) is 5.84 Å². The second-order valence-corrected chi connectivity index (χ2v) is 7.15. The molecule has 1 aromatic carbocycles. The Balaban J connectivity index is 2.17. The molecule has 0 unspecified atom stereocenters. The van der Waals surface area contributed by atoms with E-state index in [1.54, 1.807) is 6.20 Å². The van der Waals surface area contributed by atoms with Crippen LogP contribution in [0.25, 0.3) is 10.9 Å². The first kappa shape index (κ1) is 13.2. The number of nitrogens with zero attached hydrogens (tertiary/aromatic N) is 2. The summed E-state index contributed by atoms with van der Waals surface area (Å²) in [5.74, 6) is 0.905. The summed E-state index contributed by atoms with van der Waals surface area (Å²) in [6.07, 6.45) is 2.96. The van der Waals surface area contributed by atoms with E-state index in [4.69, 9.17) is 0 Å². The Morgan fingerprint density at radius 1 is 1.40 bits per heavy atom. The third kappa shape index (κ3) is 2.31. The molecule has 3 rings (SSSR count). The number of benzene rings is 1. The van der Waals surface area contributed by atoms with Crippen molar-refractivity contribution in [3.05, 3.63) is 30.0 Å². The molecule has 0 saturated carbocycles. The summed E-state index contributed by atoms with van der Waals surface area (Å²) in [5, 5.41) is 3.99. The maximum absolute atomic E-state index is 11.9. The van der Waals surface area contributed by atoms with Crippen LogP contribution in [-0.2, 0) is 16.4 Å². The van der Waals surface area contributed by atoms with E-state index in [2.05, 4.69) is 10.3 Å². The first-order chi connectivity index (χ1) is 9.45. The van der Waals surface area contributed by atoms with Gasteiger partial charge in [-0.05, 0) is 19.1 Å². The van der Waals surface area contributed by atoms with Crippen molar-refractivity contribution in [3.63, 3.8) is 0 Å². The Hall–Kier alpha value is -1.82. The fourth-order valence-corrected chi connectivity index (χ4v) is 3.40. The Labute approximate surface area is 118 Å². The Bertz CT molecular complexity index is 803. The molecule has 0 aliphatic carbocycles. The highest BCUT2D eigenvalue weighted by Gasteiger charge is 2.18. The zero-order valence-electron chi connectivity index (χ0n) is 11.5. The van der Waals surface area contributed by atoms with Crippen molar-refractivity contribution in [2.75, 3.05) is 19.3 Å². The molecule has 5 nitrogen and oxygen atoms in total. The number of amidine groups is 1. The quantitative estimate of drug-likeness (QED) is 0.928. The van der Waals surface area contributed by atoms with Gasteiger partial charge in [-0.25, -0.2) is 8.42 Å². The second-order valence-electron chi connectivity index (χ2n) is 5.17. The van der Waals surface area contributed by atoms with Crippen molar-refractivity contribution >= 4 is 26.6 Å². The normalized spacial score (nSPS) is 15.4. The van der Waals surface area contributed by atoms with Gasteiger partial charge in [0.15, 0.2) is 9.84 Å². The molecular weight excluding hydrogens is 274 g/mol. The molecule has 106 valence electrons. The zero-order valence-corrected chi connectivity index (χ0v) is 12.4. The van der Waals surface area contributed by atoms with Crippen LogP contribution in [0.3, 0.4) is 0 Å². The summed E-state index contributed by atoms with van der Waals surface area (Å²) < 4.78 is 25.8. The topological polar surface area (TPSA) is 63.5 Å². The standard InChI is InChI=1S/C14H17N3O2S/c1-10-3-4-12-11(7-10)13(20(2,18)19)8-17(12)9-14-15-5-6-16-14/h3-4,7-8H,5-6,9H2,1-2H3,(H,15,16). The molecule has 0 amide bonds. The van der Waals surface area contributed by atoms with E-state index in [9.17, 15) is 8.42 Å². The maximum Gasteiger partial charge on any atom is 0.177 e. The number of hydrogen-bond donors (Lipinski definition) is 1. The molecule has 0 atom stereocenters. The highest BCUT2D eigenvalue weighted by molar-refractivity contribution is 7.91. The number of rotatable bonds is 3. The largest absolute Gasteiger partial charge is 0.370 e. The molecule has 0 bridgehead atoms. The summed E-state index contributed by atoms with van der Waals surface area (Å²) in [6.45, 7) is 4.18. The van der Waals surface area contributed by atoms with E-state index in [1.165, 1.54) is 6.26 Å². The van der Waals surface area contributed by atoms with E-state index >= 15 is 0 Å². The monoisotopic (exact) mass is 291 g/mol. The average molecular weight is 291 g/mol. The smallest absolute Gasteiger partial charge is 0.177 e. The van der Waals surface area contributed by atoms with Crippen molar-refractivity contribution in [1.82, 2.24) is 9.88 Å². The fourth-order valence-electron chi connectivity index (χ4n) is 2.52. The van der Waals surface area contributed by atoms with E-state index < -0.39 is 9.84 Å². The number of aryl methyl sites for hydroxylation is 1. The van der Waals surface area contributed by atoms with Crippen LogP contribution < -0.4 is 5.32 Å². The van der Waals surface area contributed by atoms with Gasteiger partial charge in [0.25, 0.3) is 0 Å². The van der Waals surface area contributed by atoms with E-state index in [0.29, 0.717) is 11.4 Å². The first-order valence-electron chi connectivity index (χ1n) is 6.52. The lowest BCUT2D eigenvalue weighted by molar-refractivity contribution is 0.602. The lowest BCUT2D eigenvalue weighted by Gasteiger charge is -2.06. The number of aromatic nitrogens is 1. The molecule has 2 aromatic rings. The van der Waals surface area contributed by atoms with Crippen LogP contribution in [0.4, 0.5) is 0 Å². The SMILES string of the molecule is Cc1ccc2c(c1)c(S(C)(=O)=O)cn2CC1=NCCN1. The highest BCUT2D eigenvalue weighted by atomic mass is 32.2. The molecule has 2 heterocycles. The molecule has 0 saturated heterocycles. The number of fused-ring (bicyclic) bond motifs is 1. The van der Waals surface area contributed by atoms with E-state index in [1.807, 2.05) is 29.7 Å². The molecule has 0 fully saturated rings. The van der Waals surface area contributed by atoms with Gasteiger partial charge in [0.05, 0.1) is 18.0 Å². The molecular formula is C14H17N3O2S. The minimum atomic E-state index is -3.24. The van der Waals surface area contributed by atoms with E-state index in [0.717, 1.165) is 35.4 Å². The lowest BCUT2D eigenvalue weighted by Crippen LogP contribution is -2.23. The molecule has 6 heteroatoms. The van der Waals surface area contributed by atoms with Crippen LogP contribution in [0.15, 0.2) is 34.3 Å². The highest BCUT2D eigenvalue weighted by Crippen LogP contribution is 2.26. The van der Waals surface area contributed by atoms with Crippen molar-refractivity contribution in [2.24, 2.45) is 4.99 Å². The summed E-state index contributed by atoms with van der Waals surface area (Å²) in [7, 11) is -3.24. The van der Waals surface area contributed by atoms with Gasteiger partial charge in [-0.15, -0.1) is 0 Å². The Morgan fingerprint density at radius 2 is 2.20 bits per heavy atom. The molecule has 1 N–H and O–H groups in total. The fraction of sp³-hybridized carbons (Fsp3) is 0.357. The Morgan fingerprint density at radius 3 is 2.85 bits per heavy atom. The maximum atomic E-state index is 11.9. The van der Waals surface area contributed by atoms with Gasteiger partial charge in [-0.2, -0.15) is 0 Å². The van der Waals surface area contributed by atoms with Crippen LogP contribution in [0.2, 0.25) is 0 Å². The molecule has 1 aliphatic heterocycles. The van der Waals surface area contributed by atoms with Crippen molar-refractivity contribution < 1.29 is 8.42 Å². The van der Waals surface area contributed by atoms with Crippen LogP contribution in [0, 0.1) is 6.92 Å². The number of hydrogen-bond acceptors (Lipinski definition) is 4. The van der Waals surface area contributed by atoms with Crippen LogP contribution in [0.1, 0.15) is 5.56 Å². The van der Waals surface area contributed by atoms with Crippen LogP contribution >= 0.6 is 0 Å². The van der Waals surface area contributed by atoms with Crippen LogP contribution in [0.5, 0.6) is 0 Å². The predicted molar refractivity (Wildman–Crippen MR) is 80.1 cm³/mol. The average Bonchev–Trinajstić information content (AvgIpc) is 2.97. The number of sulfone groups is 1. The van der Waals surface area contributed by atoms with Gasteiger partial charge >= 0.3 is 0 Å². The molecule has 1 aliphatic rings. The third-order valence-corrected chi connectivity index (χ3v) is 4.59. The van der Waals surface area contributed by atoms with Crippen molar-refractivity contribution in [2.45, 2.75) is 18.4 Å². The minimum Gasteiger partial charge on any atom is -0.370 e. The van der Waals surface area contributed by atoms with Crippen molar-refractivity contribution in [1.29, 1.82) is 0 Å². The molecule has 0 radical (unpaired) electrons. The zero-order chi connectivity index (χ0) is 14.3. The molecule has 0 spiro atoms. The van der Waals surface area contributed by atoms with Gasteiger partial charge < -0.3 is 9.88 Å². The summed E-state index contributed by atoms with van der Waals surface area (Å²) in [5.41, 5.74) is 1.98. The van der Waals surface area contributed by atoms with Gasteiger partial charge in [-0.3, -0.25) is 4.99 Å². The van der Waals surface area contributed by atoms with Crippen molar-refractivity contribution in [3.8, 4) is 0 Å². The number of nitrogens with one attached hydrogen (secondary N) is 1. The Kier molecular flexibility index (Phi) is 3.05. The summed E-state index contributed by atoms with van der Waals surface area (Å²) in [4.78, 5) is 4.75. The summed E-state index contributed by atoms with van der Waals surface area (Å²) in [6, 6.07) is 5.88. The van der Waals surface area contributed by atoms with Crippen LogP contribution in [-0.4, -0.2) is 38.2 Å². The summed E-state index contributed by atoms with van der Waals surface area (Å²) >= 11 is 0. The predicted octanol–water partition coefficient (Wildman–Crippen LogP) is 1.35. The van der Waals surface area contributed by atoms with Gasteiger partial charge in [0.2, 0.25) is 0 Å². The number of aliphatic imine (C=N–C) groups is 1. The van der Waals surface area contributed by atoms with Gasteiger partial charge in [0, 0.05) is 29.9 Å². The second kappa shape index (κ2) is 4.63. The van der Waals surface area contributed by atoms with E-state index in [-0.39, 0.29) is 0 Å². The molecule has 20 heavy (non-hydrogen) atoms. The first-order valence-corrected chi connectivity index (χ1v) is 8.41. The minimum absolute atomic E-state index is 0.384. The molecule has 1 aromatic heterocycles. The lowest BCUT2D eigenvalue weighted by atomic mass is 10.2. The van der Waals surface area contributed by atoms with Gasteiger partial charge in [-0.1, -0.05) is 11.6 Å².